The average Bonchev–Trinajstić information content (AvgIpc) is 3.01. The molecule has 1 N–H and O–H groups in total. The molecular weight excluding hydrogens is 532 g/mol. The summed E-state index contributed by atoms with van der Waals surface area (Å²) < 4.78 is 11.1. The molecule has 0 spiro atoms. The SMILES string of the molecule is CCCCC/C=C\CCCCCCCC(=O)OC(CO)COCCCCCCCCCCCCCCCCCCCCC. The van der Waals surface area contributed by atoms with Crippen molar-refractivity contribution in [3.05, 3.63) is 12.2 Å². The van der Waals surface area contributed by atoms with E-state index < -0.39 is 6.10 Å². The molecule has 0 aromatic carbocycles. The third-order valence-corrected chi connectivity index (χ3v) is 8.59. The van der Waals surface area contributed by atoms with Crippen molar-refractivity contribution in [2.45, 2.75) is 213 Å². The Morgan fingerprint density at radius 2 is 0.907 bits per heavy atom. The van der Waals surface area contributed by atoms with E-state index >= 15 is 0 Å². The predicted octanol–water partition coefficient (Wildman–Crippen LogP) is 12.2. The molecule has 4 nitrogen and oxygen atoms in total. The Kier molecular flexibility index (Phi) is 36.6. The van der Waals surface area contributed by atoms with Crippen molar-refractivity contribution < 1.29 is 19.4 Å². The first-order valence-corrected chi connectivity index (χ1v) is 19.3. The topological polar surface area (TPSA) is 55.8 Å². The smallest absolute Gasteiger partial charge is 0.306 e. The summed E-state index contributed by atoms with van der Waals surface area (Å²) in [7, 11) is 0. The van der Waals surface area contributed by atoms with Gasteiger partial charge in [-0.3, -0.25) is 4.79 Å². The van der Waals surface area contributed by atoms with E-state index in [0.717, 1.165) is 19.3 Å². The number of carbonyl (C=O) groups is 1. The largest absolute Gasteiger partial charge is 0.457 e. The highest BCUT2D eigenvalue weighted by molar-refractivity contribution is 5.69. The highest BCUT2D eigenvalue weighted by Gasteiger charge is 2.13. The summed E-state index contributed by atoms with van der Waals surface area (Å²) in [4.78, 5) is 12.1. The third kappa shape index (κ3) is 35.5. The van der Waals surface area contributed by atoms with Crippen LogP contribution in [-0.4, -0.2) is 37.0 Å². The molecule has 4 heteroatoms. The molecule has 0 saturated heterocycles. The number of rotatable bonds is 36. The van der Waals surface area contributed by atoms with Crippen molar-refractivity contribution in [3.63, 3.8) is 0 Å². The Bertz CT molecular complexity index is 561. The van der Waals surface area contributed by atoms with Gasteiger partial charge in [-0.05, 0) is 38.5 Å². The van der Waals surface area contributed by atoms with Gasteiger partial charge in [0.15, 0.2) is 0 Å². The van der Waals surface area contributed by atoms with Gasteiger partial charge >= 0.3 is 5.97 Å². The summed E-state index contributed by atoms with van der Waals surface area (Å²) in [6, 6.07) is 0. The second-order valence-corrected chi connectivity index (χ2v) is 13.0. The maximum absolute atomic E-state index is 12.1. The van der Waals surface area contributed by atoms with Gasteiger partial charge in [0.25, 0.3) is 0 Å². The van der Waals surface area contributed by atoms with E-state index in [1.54, 1.807) is 0 Å². The summed E-state index contributed by atoms with van der Waals surface area (Å²) in [5.74, 6) is -0.207. The van der Waals surface area contributed by atoms with Gasteiger partial charge in [-0.25, -0.2) is 0 Å². The van der Waals surface area contributed by atoms with E-state index in [2.05, 4.69) is 26.0 Å². The van der Waals surface area contributed by atoms with Gasteiger partial charge in [-0.2, -0.15) is 0 Å². The van der Waals surface area contributed by atoms with Crippen LogP contribution in [0, 0.1) is 0 Å². The Balaban J connectivity index is 3.37. The lowest BCUT2D eigenvalue weighted by atomic mass is 10.0. The second-order valence-electron chi connectivity index (χ2n) is 13.0. The van der Waals surface area contributed by atoms with E-state index in [0.29, 0.717) is 19.6 Å². The first-order valence-electron chi connectivity index (χ1n) is 19.3. The molecular formula is C39H76O4. The predicted molar refractivity (Wildman–Crippen MR) is 187 cm³/mol. The summed E-state index contributed by atoms with van der Waals surface area (Å²) in [6.45, 7) is 5.34. The summed E-state index contributed by atoms with van der Waals surface area (Å²) in [6.07, 6.45) is 42.6. The Morgan fingerprint density at radius 3 is 1.37 bits per heavy atom. The number of allylic oxidation sites excluding steroid dienone is 2. The summed E-state index contributed by atoms with van der Waals surface area (Å²) in [5.41, 5.74) is 0. The number of unbranched alkanes of at least 4 members (excludes halogenated alkanes) is 26. The lowest BCUT2D eigenvalue weighted by molar-refractivity contribution is -0.154. The molecule has 0 amide bonds. The molecule has 1 unspecified atom stereocenters. The zero-order valence-corrected chi connectivity index (χ0v) is 29.2. The van der Waals surface area contributed by atoms with Crippen molar-refractivity contribution >= 4 is 5.97 Å². The minimum absolute atomic E-state index is 0.170. The van der Waals surface area contributed by atoms with Crippen LogP contribution >= 0.6 is 0 Å². The zero-order chi connectivity index (χ0) is 31.3. The second kappa shape index (κ2) is 37.3. The molecule has 256 valence electrons. The summed E-state index contributed by atoms with van der Waals surface area (Å²) in [5, 5.41) is 9.55. The highest BCUT2D eigenvalue weighted by atomic mass is 16.6. The van der Waals surface area contributed by atoms with Gasteiger partial charge in [0.1, 0.15) is 6.10 Å². The normalized spacial score (nSPS) is 12.3. The molecule has 0 aromatic rings. The van der Waals surface area contributed by atoms with Crippen LogP contribution in [0.4, 0.5) is 0 Å². The fourth-order valence-corrected chi connectivity index (χ4v) is 5.68. The van der Waals surface area contributed by atoms with Crippen molar-refractivity contribution in [2.75, 3.05) is 19.8 Å². The number of carbonyl (C=O) groups excluding carboxylic acids is 1. The Labute approximate surface area is 269 Å². The van der Waals surface area contributed by atoms with Crippen molar-refractivity contribution in [3.8, 4) is 0 Å². The number of esters is 1. The molecule has 0 heterocycles. The van der Waals surface area contributed by atoms with Gasteiger partial charge in [0.2, 0.25) is 0 Å². The van der Waals surface area contributed by atoms with Crippen molar-refractivity contribution in [1.82, 2.24) is 0 Å². The monoisotopic (exact) mass is 609 g/mol. The van der Waals surface area contributed by atoms with E-state index in [-0.39, 0.29) is 12.6 Å². The van der Waals surface area contributed by atoms with Gasteiger partial charge in [0, 0.05) is 13.0 Å². The molecule has 0 radical (unpaired) electrons. The van der Waals surface area contributed by atoms with E-state index in [4.69, 9.17) is 9.47 Å². The first kappa shape index (κ1) is 42.1. The van der Waals surface area contributed by atoms with Gasteiger partial charge in [-0.15, -0.1) is 0 Å². The first-order chi connectivity index (χ1) is 21.2. The molecule has 43 heavy (non-hydrogen) atoms. The average molecular weight is 609 g/mol. The van der Waals surface area contributed by atoms with Crippen LogP contribution in [0.1, 0.15) is 206 Å². The van der Waals surface area contributed by atoms with E-state index in [9.17, 15) is 9.90 Å². The van der Waals surface area contributed by atoms with Crippen LogP contribution in [0.3, 0.4) is 0 Å². The molecule has 0 rings (SSSR count). The van der Waals surface area contributed by atoms with Crippen LogP contribution in [0.15, 0.2) is 12.2 Å². The van der Waals surface area contributed by atoms with Crippen LogP contribution < -0.4 is 0 Å². The van der Waals surface area contributed by atoms with Crippen LogP contribution in [0.5, 0.6) is 0 Å². The molecule has 0 fully saturated rings. The van der Waals surface area contributed by atoms with Gasteiger partial charge in [-0.1, -0.05) is 174 Å². The molecule has 0 aromatic heterocycles. The zero-order valence-electron chi connectivity index (χ0n) is 29.2. The summed E-state index contributed by atoms with van der Waals surface area (Å²) >= 11 is 0. The lowest BCUT2D eigenvalue weighted by Crippen LogP contribution is -2.27. The highest BCUT2D eigenvalue weighted by Crippen LogP contribution is 2.15. The number of aliphatic hydroxyl groups excluding tert-OH is 1. The Hall–Kier alpha value is -0.870. The van der Waals surface area contributed by atoms with E-state index in [1.807, 2.05) is 0 Å². The number of aliphatic hydroxyl groups is 1. The van der Waals surface area contributed by atoms with Gasteiger partial charge in [0.05, 0.1) is 13.2 Å². The van der Waals surface area contributed by atoms with Crippen molar-refractivity contribution in [1.29, 1.82) is 0 Å². The van der Waals surface area contributed by atoms with Crippen LogP contribution in [0.25, 0.3) is 0 Å². The third-order valence-electron chi connectivity index (χ3n) is 8.59. The maximum atomic E-state index is 12.1. The molecule has 1 atom stereocenters. The minimum atomic E-state index is -0.531. The molecule has 0 bridgehead atoms. The fourth-order valence-electron chi connectivity index (χ4n) is 5.68. The fraction of sp³-hybridized carbons (Fsp3) is 0.923. The van der Waals surface area contributed by atoms with Crippen LogP contribution in [-0.2, 0) is 14.3 Å². The van der Waals surface area contributed by atoms with Gasteiger partial charge < -0.3 is 14.6 Å². The quantitative estimate of drug-likeness (QED) is 0.0437. The lowest BCUT2D eigenvalue weighted by Gasteiger charge is -2.15. The molecule has 0 aliphatic carbocycles. The number of hydrogen-bond donors (Lipinski definition) is 1. The molecule has 0 aliphatic rings. The standard InChI is InChI=1S/C39H76O4/c1-3-5-7-9-11-13-15-17-18-19-20-21-22-23-25-27-29-31-33-35-42-37-38(36-40)43-39(41)34-32-30-28-26-24-16-14-12-10-8-6-4-2/h12,14,38,40H,3-11,13,15-37H2,1-2H3/b14-12-. The molecule has 0 aliphatic heterocycles. The molecule has 0 saturated carbocycles. The maximum Gasteiger partial charge on any atom is 0.306 e. The Morgan fingerprint density at radius 1 is 0.535 bits per heavy atom. The number of hydrogen-bond acceptors (Lipinski definition) is 4. The van der Waals surface area contributed by atoms with Crippen LogP contribution in [0.2, 0.25) is 0 Å². The van der Waals surface area contributed by atoms with Crippen molar-refractivity contribution in [2.24, 2.45) is 0 Å². The van der Waals surface area contributed by atoms with E-state index in [1.165, 1.54) is 167 Å². The number of ether oxygens (including phenoxy) is 2. The minimum Gasteiger partial charge on any atom is -0.457 e.